The minimum atomic E-state index is -2.46. The maximum absolute atomic E-state index is 12.6. The number of benzene rings is 1. The summed E-state index contributed by atoms with van der Waals surface area (Å²) in [5.74, 6) is -4.91. The number of hydrogen-bond acceptors (Lipinski definition) is 12. The van der Waals surface area contributed by atoms with Gasteiger partial charge in [-0.05, 0) is 31.2 Å². The van der Waals surface area contributed by atoms with Crippen LogP contribution in [0.2, 0.25) is 0 Å². The fourth-order valence-corrected chi connectivity index (χ4v) is 2.36. The van der Waals surface area contributed by atoms with E-state index in [-0.39, 0.29) is 11.3 Å². The third-order valence-electron chi connectivity index (χ3n) is 3.78. The Morgan fingerprint density at radius 1 is 1.03 bits per heavy atom. The van der Waals surface area contributed by atoms with E-state index in [9.17, 15) is 34.5 Å². The van der Waals surface area contributed by atoms with Crippen LogP contribution >= 0.6 is 0 Å². The summed E-state index contributed by atoms with van der Waals surface area (Å²) in [6.45, 7) is -0.352. The smallest absolute Gasteiger partial charge is 0.345 e. The molecule has 172 valence electrons. The van der Waals surface area contributed by atoms with Crippen molar-refractivity contribution in [2.45, 2.75) is 37.8 Å². The van der Waals surface area contributed by atoms with Crippen molar-refractivity contribution < 1.29 is 58.6 Å². The Hall–Kier alpha value is -3.06. The third-order valence-corrected chi connectivity index (χ3v) is 3.78. The minimum absolute atomic E-state index is 0.0881. The van der Waals surface area contributed by atoms with Crippen molar-refractivity contribution >= 4 is 23.9 Å². The quantitative estimate of drug-likeness (QED) is 0.142. The molecule has 0 saturated carbocycles. The number of esters is 4. The van der Waals surface area contributed by atoms with E-state index in [1.54, 1.807) is 0 Å². The number of aromatic hydroxyl groups is 1. The lowest BCUT2D eigenvalue weighted by Crippen LogP contribution is -2.49. The van der Waals surface area contributed by atoms with Gasteiger partial charge in [0.2, 0.25) is 0 Å². The Bertz CT molecular complexity index is 773. The standard InChI is InChI=1S/C19H24O12/c1-11(21)31-19(7-15(24)28-2,18(27)29-10-14(23)9-20)8-16(25)30-17(26)12-3-5-13(22)6-4-12/h3-6,11,14,20-23H,7-10H2,1-2H3. The SMILES string of the molecule is COC(=O)CC(CC(=O)OC(=O)c1ccc(O)cc1)(OC(C)O)C(=O)OCC(O)CO. The molecular formula is C19H24O12. The number of hydrogen-bond donors (Lipinski definition) is 4. The maximum Gasteiger partial charge on any atom is 0.345 e. The van der Waals surface area contributed by atoms with E-state index < -0.39 is 67.9 Å². The molecular weight excluding hydrogens is 420 g/mol. The first kappa shape index (κ1) is 26.0. The maximum atomic E-state index is 12.6. The molecule has 12 heteroatoms. The highest BCUT2D eigenvalue weighted by atomic mass is 16.7. The number of methoxy groups -OCH3 is 1. The van der Waals surface area contributed by atoms with Gasteiger partial charge in [0.1, 0.15) is 18.5 Å². The number of rotatable bonds is 11. The fourth-order valence-electron chi connectivity index (χ4n) is 2.36. The van der Waals surface area contributed by atoms with Crippen molar-refractivity contribution in [2.24, 2.45) is 0 Å². The topological polar surface area (TPSA) is 186 Å². The van der Waals surface area contributed by atoms with Gasteiger partial charge in [-0.15, -0.1) is 0 Å². The number of aliphatic hydroxyl groups excluding tert-OH is 3. The van der Waals surface area contributed by atoms with E-state index >= 15 is 0 Å². The average molecular weight is 444 g/mol. The monoisotopic (exact) mass is 444 g/mol. The average Bonchev–Trinajstić information content (AvgIpc) is 2.71. The second-order valence-electron chi connectivity index (χ2n) is 6.38. The molecule has 1 aromatic carbocycles. The molecule has 0 amide bonds. The predicted molar refractivity (Wildman–Crippen MR) is 99.3 cm³/mol. The molecule has 0 fully saturated rings. The van der Waals surface area contributed by atoms with Gasteiger partial charge in [0, 0.05) is 0 Å². The molecule has 0 heterocycles. The highest BCUT2D eigenvalue weighted by Gasteiger charge is 2.48. The third kappa shape index (κ3) is 8.30. The summed E-state index contributed by atoms with van der Waals surface area (Å²) >= 11 is 0. The molecule has 3 atom stereocenters. The van der Waals surface area contributed by atoms with Crippen LogP contribution < -0.4 is 0 Å². The predicted octanol–water partition coefficient (Wildman–Crippen LogP) is -0.981. The summed E-state index contributed by atoms with van der Waals surface area (Å²) in [6.07, 6.45) is -5.05. The highest BCUT2D eigenvalue weighted by Crippen LogP contribution is 2.27. The zero-order valence-electron chi connectivity index (χ0n) is 16.8. The van der Waals surface area contributed by atoms with Gasteiger partial charge in [0.15, 0.2) is 11.9 Å². The molecule has 0 aliphatic rings. The molecule has 1 aromatic rings. The summed E-state index contributed by atoms with van der Waals surface area (Å²) in [5, 5.41) is 37.1. The van der Waals surface area contributed by atoms with Gasteiger partial charge < -0.3 is 39.4 Å². The van der Waals surface area contributed by atoms with Crippen molar-refractivity contribution in [3.63, 3.8) is 0 Å². The summed E-state index contributed by atoms with van der Waals surface area (Å²) in [5.41, 5.74) is -2.54. The largest absolute Gasteiger partial charge is 0.508 e. The van der Waals surface area contributed by atoms with Crippen LogP contribution in [0.15, 0.2) is 24.3 Å². The molecule has 0 spiro atoms. The second kappa shape index (κ2) is 12.0. The Morgan fingerprint density at radius 3 is 2.13 bits per heavy atom. The molecule has 4 N–H and O–H groups in total. The number of ether oxygens (including phenoxy) is 4. The summed E-state index contributed by atoms with van der Waals surface area (Å²) in [7, 11) is 1.00. The normalized spacial score (nSPS) is 14.6. The van der Waals surface area contributed by atoms with Gasteiger partial charge in [-0.1, -0.05) is 0 Å². The van der Waals surface area contributed by atoms with E-state index in [0.29, 0.717) is 0 Å². The van der Waals surface area contributed by atoms with Gasteiger partial charge in [0.25, 0.3) is 0 Å². The summed E-state index contributed by atoms with van der Waals surface area (Å²) < 4.78 is 19.0. The Kier molecular flexibility index (Phi) is 10.0. The van der Waals surface area contributed by atoms with Crippen LogP contribution in [0.25, 0.3) is 0 Å². The van der Waals surface area contributed by atoms with E-state index in [1.807, 2.05) is 0 Å². The Labute approximate surface area is 176 Å². The van der Waals surface area contributed by atoms with E-state index in [1.165, 1.54) is 24.3 Å². The van der Waals surface area contributed by atoms with Crippen molar-refractivity contribution in [3.05, 3.63) is 29.8 Å². The molecule has 31 heavy (non-hydrogen) atoms. The molecule has 0 aliphatic heterocycles. The van der Waals surface area contributed by atoms with Crippen LogP contribution in [0.4, 0.5) is 0 Å². The van der Waals surface area contributed by atoms with Crippen LogP contribution in [-0.4, -0.2) is 82.6 Å². The molecule has 0 bridgehead atoms. The van der Waals surface area contributed by atoms with Crippen molar-refractivity contribution in [3.8, 4) is 5.75 Å². The van der Waals surface area contributed by atoms with E-state index in [2.05, 4.69) is 9.47 Å². The summed E-state index contributed by atoms with van der Waals surface area (Å²) in [4.78, 5) is 48.9. The van der Waals surface area contributed by atoms with Gasteiger partial charge in [-0.25, -0.2) is 9.59 Å². The second-order valence-corrected chi connectivity index (χ2v) is 6.38. The van der Waals surface area contributed by atoms with Crippen LogP contribution in [-0.2, 0) is 33.3 Å². The lowest BCUT2D eigenvalue weighted by Gasteiger charge is -2.31. The first-order chi connectivity index (χ1) is 14.5. The van der Waals surface area contributed by atoms with Crippen LogP contribution in [0, 0.1) is 0 Å². The summed E-state index contributed by atoms with van der Waals surface area (Å²) in [6, 6.07) is 4.74. The fraction of sp³-hybridized carbons (Fsp3) is 0.474. The van der Waals surface area contributed by atoms with Crippen LogP contribution in [0.5, 0.6) is 5.75 Å². The van der Waals surface area contributed by atoms with Gasteiger partial charge in [0.05, 0.1) is 32.1 Å². The lowest BCUT2D eigenvalue weighted by molar-refractivity contribution is -0.215. The molecule has 1 rings (SSSR count). The van der Waals surface area contributed by atoms with Crippen LogP contribution in [0.1, 0.15) is 30.1 Å². The zero-order valence-corrected chi connectivity index (χ0v) is 16.8. The minimum Gasteiger partial charge on any atom is -0.508 e. The van der Waals surface area contributed by atoms with Gasteiger partial charge >= 0.3 is 23.9 Å². The number of carbonyl (C=O) groups is 4. The molecule has 12 nitrogen and oxygen atoms in total. The zero-order chi connectivity index (χ0) is 23.6. The number of phenolic OH excluding ortho intramolecular Hbond substituents is 1. The number of aliphatic hydroxyl groups is 3. The van der Waals surface area contributed by atoms with E-state index in [4.69, 9.17) is 14.6 Å². The number of phenols is 1. The highest BCUT2D eigenvalue weighted by molar-refractivity contribution is 5.99. The van der Waals surface area contributed by atoms with Gasteiger partial charge in [-0.3, -0.25) is 9.59 Å². The molecule has 0 saturated heterocycles. The van der Waals surface area contributed by atoms with Crippen molar-refractivity contribution in [1.29, 1.82) is 0 Å². The number of carbonyl (C=O) groups excluding carboxylic acids is 4. The first-order valence-corrected chi connectivity index (χ1v) is 8.96. The van der Waals surface area contributed by atoms with Gasteiger partial charge in [-0.2, -0.15) is 0 Å². The molecule has 3 unspecified atom stereocenters. The van der Waals surface area contributed by atoms with Crippen molar-refractivity contribution in [1.82, 2.24) is 0 Å². The Balaban J connectivity index is 3.09. The van der Waals surface area contributed by atoms with E-state index in [0.717, 1.165) is 14.0 Å². The molecule has 0 radical (unpaired) electrons. The van der Waals surface area contributed by atoms with Crippen molar-refractivity contribution in [2.75, 3.05) is 20.3 Å². The lowest BCUT2D eigenvalue weighted by atomic mass is 9.95. The van der Waals surface area contributed by atoms with Crippen LogP contribution in [0.3, 0.4) is 0 Å². The molecule has 0 aliphatic carbocycles. The molecule has 0 aromatic heterocycles. The first-order valence-electron chi connectivity index (χ1n) is 8.96. The Morgan fingerprint density at radius 2 is 1.61 bits per heavy atom.